The molecule has 0 spiro atoms. The van der Waals surface area contributed by atoms with E-state index >= 15 is 0 Å². The van der Waals surface area contributed by atoms with Gasteiger partial charge >= 0.3 is 5.97 Å². The van der Waals surface area contributed by atoms with Crippen LogP contribution in [0.3, 0.4) is 0 Å². The smallest absolute Gasteiger partial charge is 0.303 e. The molecule has 0 aliphatic carbocycles. The van der Waals surface area contributed by atoms with Gasteiger partial charge in [-0.3, -0.25) is 9.69 Å². The number of hydrogen-bond donors (Lipinski definition) is 1. The molecule has 1 aromatic carbocycles. The second-order valence-electron chi connectivity index (χ2n) is 7.72. The molecular formula is C22H33NO3. The number of aliphatic carboxylic acids is 1. The number of carboxylic acids is 1. The summed E-state index contributed by atoms with van der Waals surface area (Å²) in [6, 6.07) is 4.44. The standard InChI is InChI=1S/C22H33NO3/c1-16(2)8-7-9-17(3)19-12-11-18(4)20-14-23(15-26-22(19)20)13-6-5-10-21(24)25/h8,11-12,17H,5-7,9-10,13-15H2,1-4H3,(H,24,25)/t17-/m0/s1. The van der Waals surface area contributed by atoms with Gasteiger partial charge in [-0.05, 0) is 63.5 Å². The molecule has 1 aliphatic heterocycles. The Morgan fingerprint density at radius 2 is 2.12 bits per heavy atom. The van der Waals surface area contributed by atoms with Crippen LogP contribution in [0.2, 0.25) is 0 Å². The number of hydrogen-bond acceptors (Lipinski definition) is 3. The summed E-state index contributed by atoms with van der Waals surface area (Å²) in [5, 5.41) is 8.75. The number of unbranched alkanes of at least 4 members (excludes halogenated alkanes) is 1. The zero-order valence-corrected chi connectivity index (χ0v) is 16.7. The molecule has 144 valence electrons. The fourth-order valence-corrected chi connectivity index (χ4v) is 3.46. The molecule has 0 radical (unpaired) electrons. The average Bonchev–Trinajstić information content (AvgIpc) is 2.58. The molecule has 1 aliphatic rings. The molecule has 0 amide bonds. The predicted molar refractivity (Wildman–Crippen MR) is 106 cm³/mol. The summed E-state index contributed by atoms with van der Waals surface area (Å²) in [4.78, 5) is 12.9. The summed E-state index contributed by atoms with van der Waals surface area (Å²) in [5.74, 6) is 0.839. The van der Waals surface area contributed by atoms with Crippen molar-refractivity contribution in [3.05, 3.63) is 40.5 Å². The second kappa shape index (κ2) is 9.77. The van der Waals surface area contributed by atoms with Crippen molar-refractivity contribution in [1.82, 2.24) is 4.90 Å². The van der Waals surface area contributed by atoms with Crippen molar-refractivity contribution in [3.63, 3.8) is 0 Å². The SMILES string of the molecule is CC(C)=CCC[C@H](C)c1ccc(C)c2c1OCN(CCCCC(=O)O)C2. The highest BCUT2D eigenvalue weighted by Gasteiger charge is 2.23. The minimum Gasteiger partial charge on any atom is -0.481 e. The van der Waals surface area contributed by atoms with E-state index in [-0.39, 0.29) is 6.42 Å². The van der Waals surface area contributed by atoms with E-state index in [4.69, 9.17) is 9.84 Å². The Morgan fingerprint density at radius 3 is 2.81 bits per heavy atom. The second-order valence-corrected chi connectivity index (χ2v) is 7.72. The number of nitrogens with zero attached hydrogens (tertiary/aromatic N) is 1. The topological polar surface area (TPSA) is 49.8 Å². The maximum Gasteiger partial charge on any atom is 0.303 e. The Morgan fingerprint density at radius 1 is 1.35 bits per heavy atom. The number of aryl methyl sites for hydroxylation is 1. The van der Waals surface area contributed by atoms with Crippen molar-refractivity contribution < 1.29 is 14.6 Å². The third-order valence-electron chi connectivity index (χ3n) is 5.10. The first-order valence-corrected chi connectivity index (χ1v) is 9.71. The van der Waals surface area contributed by atoms with Gasteiger partial charge in [-0.25, -0.2) is 0 Å². The van der Waals surface area contributed by atoms with Crippen LogP contribution in [0.15, 0.2) is 23.8 Å². The molecule has 1 aromatic rings. The Labute approximate surface area is 157 Å². The predicted octanol–water partition coefficient (Wildman–Crippen LogP) is 5.25. The quantitative estimate of drug-likeness (QED) is 0.483. The highest BCUT2D eigenvalue weighted by atomic mass is 16.5. The van der Waals surface area contributed by atoms with Crippen molar-refractivity contribution in [2.75, 3.05) is 13.3 Å². The lowest BCUT2D eigenvalue weighted by molar-refractivity contribution is -0.137. The molecular weight excluding hydrogens is 326 g/mol. The Hall–Kier alpha value is -1.81. The summed E-state index contributed by atoms with van der Waals surface area (Å²) in [7, 11) is 0. The van der Waals surface area contributed by atoms with Crippen LogP contribution in [0.1, 0.15) is 75.5 Å². The molecule has 0 fully saturated rings. The van der Waals surface area contributed by atoms with Gasteiger partial charge in [0.1, 0.15) is 12.5 Å². The molecule has 1 heterocycles. The monoisotopic (exact) mass is 359 g/mol. The van der Waals surface area contributed by atoms with Gasteiger partial charge in [-0.2, -0.15) is 0 Å². The van der Waals surface area contributed by atoms with Crippen molar-refractivity contribution in [1.29, 1.82) is 0 Å². The maximum absolute atomic E-state index is 10.6. The van der Waals surface area contributed by atoms with Gasteiger partial charge < -0.3 is 9.84 Å². The van der Waals surface area contributed by atoms with E-state index in [0.29, 0.717) is 12.6 Å². The molecule has 0 bridgehead atoms. The Kier molecular flexibility index (Phi) is 7.70. The number of carbonyl (C=O) groups is 1. The van der Waals surface area contributed by atoms with Gasteiger partial charge in [0.15, 0.2) is 0 Å². The molecule has 0 aromatic heterocycles. The van der Waals surface area contributed by atoms with E-state index in [1.165, 1.54) is 22.3 Å². The van der Waals surface area contributed by atoms with Gasteiger partial charge in [0, 0.05) is 25.1 Å². The van der Waals surface area contributed by atoms with Crippen LogP contribution >= 0.6 is 0 Å². The lowest BCUT2D eigenvalue weighted by atomic mass is 9.91. The molecule has 4 nitrogen and oxygen atoms in total. The van der Waals surface area contributed by atoms with E-state index in [1.54, 1.807) is 0 Å². The van der Waals surface area contributed by atoms with Crippen molar-refractivity contribution >= 4 is 5.97 Å². The number of benzene rings is 1. The van der Waals surface area contributed by atoms with Crippen LogP contribution in [-0.4, -0.2) is 29.3 Å². The molecule has 26 heavy (non-hydrogen) atoms. The van der Waals surface area contributed by atoms with Gasteiger partial charge in [-0.1, -0.05) is 30.7 Å². The Bertz CT molecular complexity index is 647. The molecule has 1 atom stereocenters. The highest BCUT2D eigenvalue weighted by molar-refractivity contribution is 5.66. The van der Waals surface area contributed by atoms with E-state index in [2.05, 4.69) is 50.8 Å². The zero-order valence-electron chi connectivity index (χ0n) is 16.7. The summed E-state index contributed by atoms with van der Waals surface area (Å²) in [6.45, 7) is 11.1. The first-order chi connectivity index (χ1) is 12.4. The first-order valence-electron chi connectivity index (χ1n) is 9.71. The Balaban J connectivity index is 2.01. The van der Waals surface area contributed by atoms with Crippen molar-refractivity contribution in [2.24, 2.45) is 0 Å². The van der Waals surface area contributed by atoms with Gasteiger partial charge in [0.2, 0.25) is 0 Å². The molecule has 0 unspecified atom stereocenters. The molecule has 0 saturated carbocycles. The number of allylic oxidation sites excluding steroid dienone is 2. The highest BCUT2D eigenvalue weighted by Crippen LogP contribution is 2.37. The molecule has 2 rings (SSSR count). The summed E-state index contributed by atoms with van der Waals surface area (Å²) in [5.41, 5.74) is 5.26. The van der Waals surface area contributed by atoms with E-state index in [1.807, 2.05) is 0 Å². The van der Waals surface area contributed by atoms with E-state index in [0.717, 1.165) is 44.5 Å². The summed E-state index contributed by atoms with van der Waals surface area (Å²) in [6.07, 6.45) is 6.39. The van der Waals surface area contributed by atoms with Crippen molar-refractivity contribution in [3.8, 4) is 5.75 Å². The first kappa shape index (κ1) is 20.5. The summed E-state index contributed by atoms with van der Waals surface area (Å²) < 4.78 is 6.17. The van der Waals surface area contributed by atoms with Crippen LogP contribution in [0.4, 0.5) is 0 Å². The van der Waals surface area contributed by atoms with Crippen LogP contribution < -0.4 is 4.74 Å². The summed E-state index contributed by atoms with van der Waals surface area (Å²) >= 11 is 0. The lowest BCUT2D eigenvalue weighted by Gasteiger charge is -2.32. The lowest BCUT2D eigenvalue weighted by Crippen LogP contribution is -2.33. The third-order valence-corrected chi connectivity index (χ3v) is 5.10. The fourth-order valence-electron chi connectivity index (χ4n) is 3.46. The van der Waals surface area contributed by atoms with Crippen LogP contribution in [-0.2, 0) is 11.3 Å². The van der Waals surface area contributed by atoms with Gasteiger partial charge in [0.25, 0.3) is 0 Å². The van der Waals surface area contributed by atoms with E-state index in [9.17, 15) is 4.79 Å². The van der Waals surface area contributed by atoms with Crippen LogP contribution in [0.5, 0.6) is 5.75 Å². The minimum absolute atomic E-state index is 0.248. The zero-order chi connectivity index (χ0) is 19.1. The minimum atomic E-state index is -0.715. The number of ether oxygens (including phenoxy) is 1. The fraction of sp³-hybridized carbons (Fsp3) is 0.591. The largest absolute Gasteiger partial charge is 0.481 e. The third kappa shape index (κ3) is 5.87. The van der Waals surface area contributed by atoms with E-state index < -0.39 is 5.97 Å². The normalized spacial score (nSPS) is 15.1. The van der Waals surface area contributed by atoms with Crippen LogP contribution in [0, 0.1) is 6.92 Å². The molecule has 1 N–H and O–H groups in total. The maximum atomic E-state index is 10.6. The number of carboxylic acid groups (broad SMARTS) is 1. The number of fused-ring (bicyclic) bond motifs is 1. The molecule has 0 saturated heterocycles. The van der Waals surface area contributed by atoms with Gasteiger partial charge in [0.05, 0.1) is 0 Å². The van der Waals surface area contributed by atoms with Crippen LogP contribution in [0.25, 0.3) is 0 Å². The van der Waals surface area contributed by atoms with Gasteiger partial charge in [-0.15, -0.1) is 0 Å². The number of rotatable bonds is 9. The van der Waals surface area contributed by atoms with Crippen molar-refractivity contribution in [2.45, 2.75) is 72.3 Å². The molecule has 4 heteroatoms. The average molecular weight is 360 g/mol.